The van der Waals surface area contributed by atoms with Gasteiger partial charge < -0.3 is 9.15 Å². The molecule has 0 radical (unpaired) electrons. The quantitative estimate of drug-likeness (QED) is 0.402. The van der Waals surface area contributed by atoms with Gasteiger partial charge in [-0.1, -0.05) is 0 Å². The summed E-state index contributed by atoms with van der Waals surface area (Å²) in [5, 5.41) is 0. The van der Waals surface area contributed by atoms with Gasteiger partial charge in [-0.25, -0.2) is 9.59 Å². The maximum absolute atomic E-state index is 12.9. The van der Waals surface area contributed by atoms with Gasteiger partial charge in [-0.15, -0.1) is 0 Å². The third-order valence-corrected chi connectivity index (χ3v) is 5.38. The largest absolute Gasteiger partial charge is 0.463 e. The third-order valence-electron chi connectivity index (χ3n) is 5.38. The number of imidazole rings is 2. The molecule has 0 spiro atoms. The number of aromatic nitrogens is 5. The van der Waals surface area contributed by atoms with Gasteiger partial charge in [-0.05, 0) is 43.3 Å². The Morgan fingerprint density at radius 2 is 1.84 bits per heavy atom. The Morgan fingerprint density at radius 1 is 1.09 bits per heavy atom. The first kappa shape index (κ1) is 19.6. The highest BCUT2D eigenvalue weighted by Crippen LogP contribution is 2.29. The molecule has 4 heterocycles. The van der Waals surface area contributed by atoms with Gasteiger partial charge in [0.1, 0.15) is 5.69 Å². The summed E-state index contributed by atoms with van der Waals surface area (Å²) >= 11 is 0. The number of hydrogen-bond acceptors (Lipinski definition) is 6. The zero-order valence-corrected chi connectivity index (χ0v) is 17.6. The van der Waals surface area contributed by atoms with E-state index in [0.29, 0.717) is 28.5 Å². The smallest absolute Gasteiger partial charge is 0.338 e. The van der Waals surface area contributed by atoms with Gasteiger partial charge in [0.05, 0.1) is 18.4 Å². The lowest BCUT2D eigenvalue weighted by molar-refractivity contribution is 0.0526. The Bertz CT molecular complexity index is 1600. The van der Waals surface area contributed by atoms with E-state index < -0.39 is 17.2 Å². The summed E-state index contributed by atoms with van der Waals surface area (Å²) in [7, 11) is 3.00. The minimum atomic E-state index is -0.458. The molecule has 0 bridgehead atoms. The van der Waals surface area contributed by atoms with Crippen LogP contribution < -0.4 is 11.2 Å². The molecule has 0 N–H and O–H groups in total. The molecule has 32 heavy (non-hydrogen) atoms. The second-order valence-corrected chi connectivity index (χ2v) is 7.25. The molecule has 0 aliphatic carbocycles. The van der Waals surface area contributed by atoms with Crippen LogP contribution in [0.5, 0.6) is 0 Å². The molecule has 0 aliphatic rings. The molecule has 162 valence electrons. The Hall–Kier alpha value is -4.34. The fourth-order valence-corrected chi connectivity index (χ4v) is 3.78. The summed E-state index contributed by atoms with van der Waals surface area (Å²) in [5.74, 6) is 0.585. The number of carbonyl (C=O) groups excluding carboxylic acids is 1. The predicted octanol–water partition coefficient (Wildman–Crippen LogP) is 2.11. The molecular formula is C22H19N5O5. The number of furan rings is 1. The normalized spacial score (nSPS) is 11.5. The van der Waals surface area contributed by atoms with E-state index in [-0.39, 0.29) is 17.8 Å². The van der Waals surface area contributed by atoms with Gasteiger partial charge in [-0.3, -0.25) is 22.9 Å². The zero-order valence-electron chi connectivity index (χ0n) is 17.6. The average Bonchev–Trinajstić information content (AvgIpc) is 3.51. The van der Waals surface area contributed by atoms with E-state index >= 15 is 0 Å². The first-order chi connectivity index (χ1) is 15.4. The number of benzene rings is 1. The van der Waals surface area contributed by atoms with Crippen molar-refractivity contribution < 1.29 is 13.9 Å². The maximum atomic E-state index is 12.9. The Kier molecular flexibility index (Phi) is 4.36. The zero-order chi connectivity index (χ0) is 22.6. The second kappa shape index (κ2) is 7.12. The van der Waals surface area contributed by atoms with Gasteiger partial charge >= 0.3 is 11.7 Å². The molecule has 0 unspecified atom stereocenters. The molecule has 5 rings (SSSR count). The minimum absolute atomic E-state index is 0.274. The van der Waals surface area contributed by atoms with Gasteiger partial charge in [0.25, 0.3) is 5.56 Å². The van der Waals surface area contributed by atoms with Crippen molar-refractivity contribution in [2.45, 2.75) is 6.92 Å². The fraction of sp³-hybridized carbons (Fsp3) is 0.182. The number of nitrogens with zero attached hydrogens (tertiary/aromatic N) is 5. The Balaban J connectivity index is 1.82. The van der Waals surface area contributed by atoms with Crippen LogP contribution in [-0.4, -0.2) is 35.7 Å². The van der Waals surface area contributed by atoms with Crippen molar-refractivity contribution >= 4 is 22.9 Å². The van der Waals surface area contributed by atoms with Crippen LogP contribution in [0.25, 0.3) is 34.1 Å². The van der Waals surface area contributed by atoms with Gasteiger partial charge in [0, 0.05) is 26.0 Å². The van der Waals surface area contributed by atoms with E-state index in [1.54, 1.807) is 71.8 Å². The van der Waals surface area contributed by atoms with Crippen molar-refractivity contribution in [3.8, 4) is 17.1 Å². The number of esters is 1. The molecule has 0 fully saturated rings. The van der Waals surface area contributed by atoms with Crippen molar-refractivity contribution in [3.05, 3.63) is 75.3 Å². The topological polar surface area (TPSA) is 106 Å². The Labute approximate surface area is 180 Å². The molecule has 0 amide bonds. The van der Waals surface area contributed by atoms with Crippen molar-refractivity contribution in [3.63, 3.8) is 0 Å². The molecule has 0 saturated heterocycles. The Morgan fingerprint density at radius 3 is 2.50 bits per heavy atom. The predicted molar refractivity (Wildman–Crippen MR) is 116 cm³/mol. The maximum Gasteiger partial charge on any atom is 0.338 e. The van der Waals surface area contributed by atoms with Crippen molar-refractivity contribution in [1.82, 2.24) is 23.1 Å². The molecule has 5 aromatic rings. The standard InChI is InChI=1S/C22H19N5O5/c1-4-31-20(29)13-7-9-14(10-8-13)27-15(16-6-5-11-32-16)12-26-17-18(23-21(26)27)24(2)22(30)25(3)19(17)28/h5-12H,4H2,1-3H3. The number of hydrogen-bond donors (Lipinski definition) is 0. The first-order valence-electron chi connectivity index (χ1n) is 9.93. The number of aryl methyl sites for hydroxylation is 1. The van der Waals surface area contributed by atoms with Crippen LogP contribution in [0.4, 0.5) is 0 Å². The fourth-order valence-electron chi connectivity index (χ4n) is 3.78. The molecule has 10 heteroatoms. The molecule has 0 saturated carbocycles. The van der Waals surface area contributed by atoms with E-state index in [1.807, 2.05) is 0 Å². The van der Waals surface area contributed by atoms with E-state index in [1.165, 1.54) is 11.6 Å². The molecule has 0 atom stereocenters. The van der Waals surface area contributed by atoms with Crippen LogP contribution in [0.3, 0.4) is 0 Å². The summed E-state index contributed by atoms with van der Waals surface area (Å²) in [5.41, 5.74) is 1.41. The minimum Gasteiger partial charge on any atom is -0.463 e. The average molecular weight is 433 g/mol. The van der Waals surface area contributed by atoms with E-state index in [4.69, 9.17) is 9.15 Å². The summed E-state index contributed by atoms with van der Waals surface area (Å²) in [6, 6.07) is 10.4. The van der Waals surface area contributed by atoms with Crippen LogP contribution in [-0.2, 0) is 18.8 Å². The van der Waals surface area contributed by atoms with Crippen LogP contribution in [0, 0.1) is 0 Å². The summed E-state index contributed by atoms with van der Waals surface area (Å²) in [4.78, 5) is 41.9. The van der Waals surface area contributed by atoms with Gasteiger partial charge in [-0.2, -0.15) is 4.98 Å². The highest BCUT2D eigenvalue weighted by molar-refractivity contribution is 5.89. The first-order valence-corrected chi connectivity index (χ1v) is 9.93. The van der Waals surface area contributed by atoms with Crippen molar-refractivity contribution in [2.75, 3.05) is 6.61 Å². The summed E-state index contributed by atoms with van der Waals surface area (Å²) in [6.45, 7) is 2.04. The van der Waals surface area contributed by atoms with Crippen LogP contribution >= 0.6 is 0 Å². The van der Waals surface area contributed by atoms with Crippen molar-refractivity contribution in [1.29, 1.82) is 0 Å². The number of rotatable bonds is 4. The van der Waals surface area contributed by atoms with E-state index in [0.717, 1.165) is 4.57 Å². The van der Waals surface area contributed by atoms with Crippen LogP contribution in [0.15, 0.2) is 62.9 Å². The van der Waals surface area contributed by atoms with Crippen LogP contribution in [0.2, 0.25) is 0 Å². The molecule has 0 aliphatic heterocycles. The van der Waals surface area contributed by atoms with Crippen LogP contribution in [0.1, 0.15) is 17.3 Å². The number of ether oxygens (including phenoxy) is 1. The monoisotopic (exact) mass is 433 g/mol. The third kappa shape index (κ3) is 2.73. The number of fused-ring (bicyclic) bond motifs is 3. The number of carbonyl (C=O) groups is 1. The van der Waals surface area contributed by atoms with E-state index in [2.05, 4.69) is 4.98 Å². The molecule has 1 aromatic carbocycles. The molecule has 10 nitrogen and oxygen atoms in total. The van der Waals surface area contributed by atoms with Gasteiger partial charge in [0.2, 0.25) is 5.78 Å². The molecule has 4 aromatic heterocycles. The van der Waals surface area contributed by atoms with Crippen molar-refractivity contribution in [2.24, 2.45) is 14.1 Å². The van der Waals surface area contributed by atoms with E-state index in [9.17, 15) is 14.4 Å². The highest BCUT2D eigenvalue weighted by Gasteiger charge is 2.22. The lowest BCUT2D eigenvalue weighted by Crippen LogP contribution is -2.37. The summed E-state index contributed by atoms with van der Waals surface area (Å²) < 4.78 is 16.5. The second-order valence-electron chi connectivity index (χ2n) is 7.25. The van der Waals surface area contributed by atoms with Gasteiger partial charge in [0.15, 0.2) is 16.9 Å². The molecular weight excluding hydrogens is 414 g/mol. The highest BCUT2D eigenvalue weighted by atomic mass is 16.5. The lowest BCUT2D eigenvalue weighted by Gasteiger charge is -2.08. The lowest BCUT2D eigenvalue weighted by atomic mass is 10.2. The SMILES string of the molecule is CCOC(=O)c1ccc(-n2c(-c3ccco3)cn3c4c(=O)n(C)c(=O)n(C)c4nc23)cc1. The summed E-state index contributed by atoms with van der Waals surface area (Å²) in [6.07, 6.45) is 3.30.